The van der Waals surface area contributed by atoms with E-state index < -0.39 is 5.91 Å². The van der Waals surface area contributed by atoms with Gasteiger partial charge in [0.2, 0.25) is 0 Å². The third kappa shape index (κ3) is 3.77. The Kier molecular flexibility index (Phi) is 4.63. The molecule has 2 aromatic carbocycles. The van der Waals surface area contributed by atoms with E-state index in [4.69, 9.17) is 5.26 Å². The first kappa shape index (κ1) is 14.9. The maximum absolute atomic E-state index is 12.0. The minimum absolute atomic E-state index is 0.00410. The van der Waals surface area contributed by atoms with Gasteiger partial charge in [0.25, 0.3) is 5.91 Å². The molecule has 0 aliphatic carbocycles. The van der Waals surface area contributed by atoms with Crippen LogP contribution < -0.4 is 10.6 Å². The molecule has 0 heterocycles. The quantitative estimate of drug-likeness (QED) is 0.394. The summed E-state index contributed by atoms with van der Waals surface area (Å²) in [5, 5.41) is 33.2. The van der Waals surface area contributed by atoms with E-state index in [1.807, 2.05) is 0 Å². The maximum Gasteiger partial charge on any atom is 0.267 e. The van der Waals surface area contributed by atoms with Gasteiger partial charge in [-0.3, -0.25) is 4.79 Å². The number of amides is 1. The lowest BCUT2D eigenvalue weighted by molar-refractivity contribution is -0.112. The minimum atomic E-state index is -0.629. The van der Waals surface area contributed by atoms with Crippen LogP contribution in [-0.2, 0) is 4.79 Å². The molecule has 0 unspecified atom stereocenters. The Balaban J connectivity index is 2.11. The fraction of sp³-hybridized carbons (Fsp3) is 0. The first-order chi connectivity index (χ1) is 10.6. The van der Waals surface area contributed by atoms with Crippen molar-refractivity contribution in [1.29, 1.82) is 5.26 Å². The normalized spacial score (nSPS) is 10.6. The van der Waals surface area contributed by atoms with Crippen LogP contribution in [-0.4, -0.2) is 16.1 Å². The fourth-order valence-electron chi connectivity index (χ4n) is 1.68. The fourth-order valence-corrected chi connectivity index (χ4v) is 1.68. The number of rotatable bonds is 4. The molecule has 1 amide bonds. The summed E-state index contributed by atoms with van der Waals surface area (Å²) in [6.07, 6.45) is 1.20. The minimum Gasteiger partial charge on any atom is -0.508 e. The SMILES string of the molecule is N#C/C(=C/Nc1ccccc1O)C(=O)Nc1cccc(O)c1. The van der Waals surface area contributed by atoms with Crippen LogP contribution in [0.1, 0.15) is 0 Å². The molecule has 0 radical (unpaired) electrons. The Hall–Kier alpha value is -3.46. The Morgan fingerprint density at radius 1 is 1.14 bits per heavy atom. The van der Waals surface area contributed by atoms with Crippen molar-refractivity contribution in [3.05, 3.63) is 60.3 Å². The number of carbonyl (C=O) groups is 1. The number of phenols is 2. The van der Waals surface area contributed by atoms with Crippen LogP contribution in [0.25, 0.3) is 0 Å². The summed E-state index contributed by atoms with van der Waals surface area (Å²) in [6.45, 7) is 0. The van der Waals surface area contributed by atoms with Gasteiger partial charge in [0, 0.05) is 18.0 Å². The summed E-state index contributed by atoms with van der Waals surface area (Å²) >= 11 is 0. The molecule has 110 valence electrons. The van der Waals surface area contributed by atoms with Crippen molar-refractivity contribution < 1.29 is 15.0 Å². The highest BCUT2D eigenvalue weighted by molar-refractivity contribution is 6.06. The van der Waals surface area contributed by atoms with Gasteiger partial charge in [-0.15, -0.1) is 0 Å². The van der Waals surface area contributed by atoms with E-state index in [1.54, 1.807) is 36.4 Å². The Bertz CT molecular complexity index is 763. The van der Waals surface area contributed by atoms with Gasteiger partial charge < -0.3 is 20.8 Å². The summed E-state index contributed by atoms with van der Waals surface area (Å²) in [4.78, 5) is 12.0. The Labute approximate surface area is 127 Å². The number of nitrogens with one attached hydrogen (secondary N) is 2. The van der Waals surface area contributed by atoms with Gasteiger partial charge in [0.15, 0.2) is 0 Å². The third-order valence-electron chi connectivity index (χ3n) is 2.75. The van der Waals surface area contributed by atoms with Crippen LogP contribution in [0.2, 0.25) is 0 Å². The lowest BCUT2D eigenvalue weighted by atomic mass is 10.2. The monoisotopic (exact) mass is 295 g/mol. The van der Waals surface area contributed by atoms with E-state index in [1.165, 1.54) is 24.4 Å². The zero-order valence-electron chi connectivity index (χ0n) is 11.4. The van der Waals surface area contributed by atoms with Gasteiger partial charge in [0.05, 0.1) is 5.69 Å². The number of anilines is 2. The van der Waals surface area contributed by atoms with Crippen molar-refractivity contribution in [2.24, 2.45) is 0 Å². The lowest BCUT2D eigenvalue weighted by Gasteiger charge is -2.06. The predicted octanol–water partition coefficient (Wildman–Crippen LogP) is 2.56. The molecule has 2 aromatic rings. The topological polar surface area (TPSA) is 105 Å². The number of carbonyl (C=O) groups excluding carboxylic acids is 1. The molecule has 22 heavy (non-hydrogen) atoms. The van der Waals surface area contributed by atoms with Crippen LogP contribution in [0.3, 0.4) is 0 Å². The standard InChI is InChI=1S/C16H13N3O3/c17-9-11(10-18-14-6-1-2-7-15(14)21)16(22)19-12-4-3-5-13(20)8-12/h1-8,10,18,20-21H,(H,19,22)/b11-10-. The number of hydrogen-bond donors (Lipinski definition) is 4. The molecule has 0 aliphatic rings. The molecule has 0 saturated heterocycles. The van der Waals surface area contributed by atoms with Crippen LogP contribution >= 0.6 is 0 Å². The lowest BCUT2D eigenvalue weighted by Crippen LogP contribution is -2.14. The van der Waals surface area contributed by atoms with E-state index in [0.29, 0.717) is 11.4 Å². The zero-order valence-corrected chi connectivity index (χ0v) is 11.4. The van der Waals surface area contributed by atoms with Gasteiger partial charge in [-0.05, 0) is 24.3 Å². The van der Waals surface area contributed by atoms with Crippen molar-refractivity contribution in [2.75, 3.05) is 10.6 Å². The summed E-state index contributed by atoms with van der Waals surface area (Å²) in [7, 11) is 0. The second-order valence-corrected chi connectivity index (χ2v) is 4.34. The van der Waals surface area contributed by atoms with E-state index >= 15 is 0 Å². The summed E-state index contributed by atoms with van der Waals surface area (Å²) in [5.41, 5.74) is 0.570. The van der Waals surface area contributed by atoms with Crippen LogP contribution in [0.4, 0.5) is 11.4 Å². The zero-order chi connectivity index (χ0) is 15.9. The van der Waals surface area contributed by atoms with Gasteiger partial charge in [-0.1, -0.05) is 18.2 Å². The molecule has 6 nitrogen and oxygen atoms in total. The molecule has 0 spiro atoms. The first-order valence-electron chi connectivity index (χ1n) is 6.35. The number of nitriles is 1. The van der Waals surface area contributed by atoms with E-state index in [2.05, 4.69) is 10.6 Å². The molecular weight excluding hydrogens is 282 g/mol. The average Bonchev–Trinajstić information content (AvgIpc) is 2.49. The summed E-state index contributed by atoms with van der Waals surface area (Å²) in [6, 6.07) is 14.2. The molecular formula is C16H13N3O3. The molecule has 4 N–H and O–H groups in total. The molecule has 0 aromatic heterocycles. The number of aromatic hydroxyl groups is 2. The van der Waals surface area contributed by atoms with Crippen LogP contribution in [0.5, 0.6) is 11.5 Å². The van der Waals surface area contributed by atoms with Gasteiger partial charge in [0.1, 0.15) is 23.1 Å². The van der Waals surface area contributed by atoms with Crippen molar-refractivity contribution in [3.8, 4) is 17.6 Å². The Morgan fingerprint density at radius 3 is 2.59 bits per heavy atom. The number of hydrogen-bond acceptors (Lipinski definition) is 5. The predicted molar refractivity (Wildman–Crippen MR) is 82.2 cm³/mol. The van der Waals surface area contributed by atoms with Crippen LogP contribution in [0, 0.1) is 11.3 Å². The largest absolute Gasteiger partial charge is 0.508 e. The highest BCUT2D eigenvalue weighted by atomic mass is 16.3. The molecule has 2 rings (SSSR count). The third-order valence-corrected chi connectivity index (χ3v) is 2.75. The molecule has 0 fully saturated rings. The summed E-state index contributed by atoms with van der Waals surface area (Å²) < 4.78 is 0. The van der Waals surface area contributed by atoms with E-state index in [0.717, 1.165) is 0 Å². The van der Waals surface area contributed by atoms with Crippen LogP contribution in [0.15, 0.2) is 60.3 Å². The number of benzene rings is 2. The molecule has 0 atom stereocenters. The molecule has 0 bridgehead atoms. The second-order valence-electron chi connectivity index (χ2n) is 4.34. The van der Waals surface area contributed by atoms with Crippen molar-refractivity contribution >= 4 is 17.3 Å². The summed E-state index contributed by atoms with van der Waals surface area (Å²) in [5.74, 6) is -0.618. The molecule has 0 saturated carbocycles. The average molecular weight is 295 g/mol. The molecule has 0 aliphatic heterocycles. The van der Waals surface area contributed by atoms with Gasteiger partial charge >= 0.3 is 0 Å². The number of nitrogens with zero attached hydrogens (tertiary/aromatic N) is 1. The second kappa shape index (κ2) is 6.81. The highest BCUT2D eigenvalue weighted by Crippen LogP contribution is 2.22. The van der Waals surface area contributed by atoms with Gasteiger partial charge in [-0.2, -0.15) is 5.26 Å². The first-order valence-corrected chi connectivity index (χ1v) is 6.35. The Morgan fingerprint density at radius 2 is 1.91 bits per heavy atom. The highest BCUT2D eigenvalue weighted by Gasteiger charge is 2.10. The van der Waals surface area contributed by atoms with E-state index in [9.17, 15) is 15.0 Å². The molecule has 6 heteroatoms. The van der Waals surface area contributed by atoms with E-state index in [-0.39, 0.29) is 17.1 Å². The number of para-hydroxylation sites is 2. The van der Waals surface area contributed by atoms with Crippen molar-refractivity contribution in [1.82, 2.24) is 0 Å². The van der Waals surface area contributed by atoms with Gasteiger partial charge in [-0.25, -0.2) is 0 Å². The smallest absolute Gasteiger partial charge is 0.267 e. The van der Waals surface area contributed by atoms with Crippen molar-refractivity contribution in [2.45, 2.75) is 0 Å². The van der Waals surface area contributed by atoms with Crippen molar-refractivity contribution in [3.63, 3.8) is 0 Å². The number of phenolic OH excluding ortho intramolecular Hbond substituents is 2. The maximum atomic E-state index is 12.0.